The van der Waals surface area contributed by atoms with E-state index in [-0.39, 0.29) is 81.9 Å². The molecular formula is C79H115ClN14O19. The number of rotatable bonds is 29. The van der Waals surface area contributed by atoms with Crippen LogP contribution in [0.3, 0.4) is 0 Å². The lowest BCUT2D eigenvalue weighted by Crippen LogP contribution is -2.62. The molecule has 11 amide bonds. The molecule has 14 atom stereocenters. The highest BCUT2D eigenvalue weighted by Gasteiger charge is 2.42. The van der Waals surface area contributed by atoms with E-state index in [1.165, 1.54) is 86.6 Å². The number of amides is 11. The van der Waals surface area contributed by atoms with Crippen molar-refractivity contribution < 1.29 is 91.7 Å². The van der Waals surface area contributed by atoms with Crippen molar-refractivity contribution in [2.75, 3.05) is 13.1 Å². The van der Waals surface area contributed by atoms with Crippen molar-refractivity contribution in [3.05, 3.63) is 77.0 Å². The number of Topliss-reactive ketones (excluding diaryl/α,β-unsaturated/α-hetero) is 5. The predicted octanol–water partition coefficient (Wildman–Crippen LogP) is 2.36. The number of hydrogen-bond acceptors (Lipinski definition) is 20. The van der Waals surface area contributed by atoms with Gasteiger partial charge in [-0.15, -0.1) is 0 Å². The van der Waals surface area contributed by atoms with E-state index in [1.54, 1.807) is 31.3 Å². The Hall–Kier alpha value is -10.3. The number of nitrogens with one attached hydrogen (secondary N) is 12. The predicted molar refractivity (Wildman–Crippen MR) is 419 cm³/mol. The van der Waals surface area contributed by atoms with Gasteiger partial charge in [0.2, 0.25) is 88.1 Å². The van der Waals surface area contributed by atoms with Crippen LogP contribution in [0.1, 0.15) is 191 Å². The number of ketones is 5. The zero-order valence-corrected chi connectivity index (χ0v) is 67.3. The zero-order chi connectivity index (χ0) is 84.8. The van der Waals surface area contributed by atoms with Crippen LogP contribution in [-0.4, -0.2) is 194 Å². The van der Waals surface area contributed by atoms with E-state index in [1.807, 2.05) is 26.0 Å². The third kappa shape index (κ3) is 31.3. The fourth-order valence-corrected chi connectivity index (χ4v) is 12.9. The van der Waals surface area contributed by atoms with Gasteiger partial charge in [0.25, 0.3) is 0 Å². The van der Waals surface area contributed by atoms with Crippen LogP contribution in [0.2, 0.25) is 5.02 Å². The largest absolute Gasteiger partial charge is 0.508 e. The number of aromatic nitrogens is 1. The number of hydrogen-bond donors (Lipinski definition) is 16. The van der Waals surface area contributed by atoms with Gasteiger partial charge in [0, 0.05) is 73.2 Å². The molecule has 113 heavy (non-hydrogen) atoms. The number of benzene rings is 2. The third-order valence-electron chi connectivity index (χ3n) is 19.8. The summed E-state index contributed by atoms with van der Waals surface area (Å²) in [6.07, 6.45) is 6.62. The molecule has 4 rings (SSSR count). The van der Waals surface area contributed by atoms with Crippen LogP contribution in [0.4, 0.5) is 0 Å². The van der Waals surface area contributed by atoms with Crippen LogP contribution >= 0.6 is 11.6 Å². The highest BCUT2D eigenvalue weighted by atomic mass is 35.5. The summed E-state index contributed by atoms with van der Waals surface area (Å²) < 4.78 is 0. The number of H-pyrrole nitrogens is 1. The zero-order valence-electron chi connectivity index (χ0n) is 66.6. The standard InChI is InChI=1S/C79H115ClN14O19/c1-42(2)34-53-41-84-57(28-30-62(81)97)67(103)66(102)47(7)87-74(110)61(36-52-40-85-59-37-54(80)24-27-56(52)59)92-75(111)60(35-51-22-25-55(96)26-23-51)91-73(109)58(29-31-63(98)99)93-76(112)78(11,38-44(4)95)32-20-18-16-14-13-15-17-19-21-33-79(12,94-72(53)108)77(113)90-50(10)71(107)89-49(9)70(106)88-48(8)69(105)86-46(6)65(101)64(100)45(5)83-39-43(3)68(82)104/h15,17,22-27,37,40,42-43,45-50,53,57-58,60-61,83-85,96H,13-14,16,18-21,28-36,38-39,41H2,1-12H3,(H2,81,97)(H2,82,104)(H,86,105)(H,87,110)(H,88,106)(H,89,107)(H,90,113)(H,91,109)(H,92,111)(H,93,112)(H,94,108)(H,98,99)/b17-15+/t43-,45-,46-,47-,48?,49-,50?,53+,57-,58-,60?,61-,78-,79-/m0/s1. The summed E-state index contributed by atoms with van der Waals surface area (Å²) in [5, 5.41) is 50.1. The van der Waals surface area contributed by atoms with Crippen molar-refractivity contribution in [1.29, 1.82) is 0 Å². The average Bonchev–Trinajstić information content (AvgIpc) is 1.63. The van der Waals surface area contributed by atoms with Crippen molar-refractivity contribution in [3.63, 3.8) is 0 Å². The number of aromatic hydroxyl groups is 1. The summed E-state index contributed by atoms with van der Waals surface area (Å²) in [7, 11) is 0. The van der Waals surface area contributed by atoms with Crippen LogP contribution in [0.5, 0.6) is 5.75 Å². The van der Waals surface area contributed by atoms with Crippen molar-refractivity contribution in [1.82, 2.24) is 63.5 Å². The molecule has 3 aromatic rings. The Labute approximate surface area is 663 Å². The Bertz CT molecular complexity index is 3960. The molecule has 1 aromatic heterocycles. The first-order valence-electron chi connectivity index (χ1n) is 38.3. The molecule has 18 N–H and O–H groups in total. The molecule has 0 aliphatic carbocycles. The highest BCUT2D eigenvalue weighted by Crippen LogP contribution is 2.31. The molecule has 622 valence electrons. The molecule has 1 aliphatic rings. The average molecular weight is 1600 g/mol. The minimum absolute atomic E-state index is 0.0139. The van der Waals surface area contributed by atoms with Gasteiger partial charge in [0.1, 0.15) is 53.3 Å². The fourth-order valence-electron chi connectivity index (χ4n) is 12.7. The maximum atomic E-state index is 15.0. The second kappa shape index (κ2) is 45.4. The summed E-state index contributed by atoms with van der Waals surface area (Å²) in [5.41, 5.74) is 9.05. The van der Waals surface area contributed by atoms with Gasteiger partial charge in [0.15, 0.2) is 0 Å². The Morgan fingerprint density at radius 2 is 1.16 bits per heavy atom. The first-order chi connectivity index (χ1) is 52.9. The lowest BCUT2D eigenvalue weighted by atomic mass is 9.79. The number of phenolic OH excluding ortho intramolecular Hbond substituents is 1. The number of nitrogens with two attached hydrogens (primary N) is 2. The first-order valence-corrected chi connectivity index (χ1v) is 38.7. The molecule has 33 nitrogen and oxygen atoms in total. The molecule has 0 radical (unpaired) electrons. The molecule has 0 fully saturated rings. The SMILES string of the molecule is CC(=O)C[C@]1(C)CCCCCC/C=C/CCC[C@@](C)(C(=O)NC(C)C(=O)N[C@@H](C)C(=O)NC(C)C(=O)N[C@@H](C)C(=O)C(=O)[C@H](C)NC[C@H](C)C(N)=O)NC(=O)[C@H](CC(C)C)CN[C@@H](CCC(N)=O)C(=O)C(=O)[C@H](C)NC(=O)[C@H](Cc2c[nH]c3cc(Cl)ccc23)NC(=O)C(Cc2ccc(O)cc2)NC(=O)[C@H](CCC(=O)O)NC1=O. The number of phenols is 1. The van der Waals surface area contributed by atoms with E-state index in [0.717, 1.165) is 0 Å². The molecule has 34 heteroatoms. The number of carboxylic acid groups (broad SMARTS) is 1. The Morgan fingerprint density at radius 3 is 1.74 bits per heavy atom. The van der Waals surface area contributed by atoms with Gasteiger partial charge in [-0.1, -0.05) is 88.9 Å². The number of fused-ring (bicyclic) bond motifs is 1. The van der Waals surface area contributed by atoms with Gasteiger partial charge < -0.3 is 85.1 Å². The van der Waals surface area contributed by atoms with Crippen LogP contribution in [-0.2, 0) is 94.3 Å². The van der Waals surface area contributed by atoms with Gasteiger partial charge in [0.05, 0.1) is 35.5 Å². The van der Waals surface area contributed by atoms with E-state index in [4.69, 9.17) is 23.1 Å². The first kappa shape index (κ1) is 95.1. The Balaban J connectivity index is 1.72. The number of primary amides is 2. The lowest BCUT2D eigenvalue weighted by Gasteiger charge is -2.33. The second-order valence-electron chi connectivity index (χ2n) is 30.5. The van der Waals surface area contributed by atoms with Crippen molar-refractivity contribution in [2.24, 2.45) is 34.6 Å². The van der Waals surface area contributed by atoms with Crippen molar-refractivity contribution in [3.8, 4) is 5.75 Å². The van der Waals surface area contributed by atoms with Gasteiger partial charge in [-0.3, -0.25) is 81.5 Å². The normalized spacial score (nSPS) is 23.3. The summed E-state index contributed by atoms with van der Waals surface area (Å²) >= 11 is 6.32. The molecule has 2 aromatic carbocycles. The van der Waals surface area contributed by atoms with Crippen molar-refractivity contribution in [2.45, 2.75) is 258 Å². The van der Waals surface area contributed by atoms with E-state index in [2.05, 4.69) is 63.5 Å². The number of halogens is 1. The van der Waals surface area contributed by atoms with Gasteiger partial charge in [-0.2, -0.15) is 0 Å². The number of carbonyl (C=O) groups excluding carboxylic acids is 16. The summed E-state index contributed by atoms with van der Waals surface area (Å²) in [5.74, 6) is -17.2. The molecule has 0 bridgehead atoms. The quantitative estimate of drug-likeness (QED) is 0.0350. The monoisotopic (exact) mass is 1600 g/mol. The molecule has 0 saturated heterocycles. The van der Waals surface area contributed by atoms with Gasteiger partial charge in [-0.25, -0.2) is 0 Å². The van der Waals surface area contributed by atoms with Crippen LogP contribution in [0.15, 0.2) is 60.8 Å². The third-order valence-corrected chi connectivity index (χ3v) is 20.0. The minimum atomic E-state index is -1.78. The van der Waals surface area contributed by atoms with E-state index < -0.39 is 197 Å². The molecule has 2 heterocycles. The molecule has 0 spiro atoms. The van der Waals surface area contributed by atoms with E-state index in [0.29, 0.717) is 65.6 Å². The number of carbonyl (C=O) groups is 17. The minimum Gasteiger partial charge on any atom is -0.508 e. The molecule has 3 unspecified atom stereocenters. The second-order valence-corrected chi connectivity index (χ2v) is 31.0. The van der Waals surface area contributed by atoms with Crippen molar-refractivity contribution >= 4 is 122 Å². The highest BCUT2D eigenvalue weighted by molar-refractivity contribution is 6.41. The van der Waals surface area contributed by atoms with Crippen LogP contribution in [0.25, 0.3) is 10.9 Å². The topological polar surface area (TPSA) is 531 Å². The number of aromatic amines is 1. The number of carboxylic acids is 1. The van der Waals surface area contributed by atoms with Crippen LogP contribution in [0, 0.1) is 23.2 Å². The maximum Gasteiger partial charge on any atom is 0.303 e. The molecule has 1 aliphatic heterocycles. The van der Waals surface area contributed by atoms with E-state index in [9.17, 15) is 86.9 Å². The summed E-state index contributed by atoms with van der Waals surface area (Å²) in [6, 6.07) is -3.90. The Kier molecular flexibility index (Phi) is 38.2. The fraction of sp³-hybridized carbons (Fsp3) is 0.582. The number of allylic oxidation sites excluding steroid dienone is 2. The van der Waals surface area contributed by atoms with E-state index >= 15 is 4.79 Å². The molecular weight excluding hydrogens is 1480 g/mol. The lowest BCUT2D eigenvalue weighted by molar-refractivity contribution is -0.140. The Morgan fingerprint density at radius 1 is 0.611 bits per heavy atom. The maximum absolute atomic E-state index is 15.0. The van der Waals surface area contributed by atoms with Gasteiger partial charge >= 0.3 is 5.97 Å². The van der Waals surface area contributed by atoms with Crippen LogP contribution < -0.4 is 70.0 Å². The smallest absolute Gasteiger partial charge is 0.303 e. The number of aliphatic carboxylic acids is 1. The summed E-state index contributed by atoms with van der Waals surface area (Å²) in [6.45, 7) is 17.0. The molecule has 0 saturated carbocycles. The summed E-state index contributed by atoms with van der Waals surface area (Å²) in [4.78, 5) is 236. The van der Waals surface area contributed by atoms with Gasteiger partial charge in [-0.05, 0) is 154 Å².